The SMILES string of the molecule is CC(C)CC(C)C(P(=O)(O)O)P(=O)(O)O. The summed E-state index contributed by atoms with van der Waals surface area (Å²) in [6, 6.07) is 0. The lowest BCUT2D eigenvalue weighted by molar-refractivity contribution is 0.309. The third-order valence-electron chi connectivity index (χ3n) is 2.04. The molecule has 0 aromatic heterocycles. The maximum absolute atomic E-state index is 11.0. The largest absolute Gasteiger partial charge is 0.340 e. The molecular weight excluding hydrogens is 242 g/mol. The van der Waals surface area contributed by atoms with Crippen LogP contribution in [-0.2, 0) is 9.13 Å². The fourth-order valence-electron chi connectivity index (χ4n) is 1.72. The Hall–Kier alpha value is 0.300. The topological polar surface area (TPSA) is 115 Å². The highest BCUT2D eigenvalue weighted by atomic mass is 31.2. The molecule has 0 amide bonds. The van der Waals surface area contributed by atoms with Gasteiger partial charge in [-0.05, 0) is 18.3 Å². The predicted molar refractivity (Wildman–Crippen MR) is 56.5 cm³/mol. The Labute approximate surface area is 89.0 Å². The van der Waals surface area contributed by atoms with E-state index < -0.39 is 26.5 Å². The number of hydrogen-bond donors (Lipinski definition) is 4. The van der Waals surface area contributed by atoms with Crippen LogP contribution in [0.4, 0.5) is 0 Å². The number of hydrogen-bond acceptors (Lipinski definition) is 2. The first-order valence-electron chi connectivity index (χ1n) is 4.56. The fourth-order valence-corrected chi connectivity index (χ4v) is 4.86. The molecule has 0 fully saturated rings. The van der Waals surface area contributed by atoms with Gasteiger partial charge < -0.3 is 19.6 Å². The van der Waals surface area contributed by atoms with Gasteiger partial charge >= 0.3 is 15.2 Å². The Balaban J connectivity index is 4.98. The second-order valence-corrected chi connectivity index (χ2v) is 8.08. The van der Waals surface area contributed by atoms with Gasteiger partial charge in [0.15, 0.2) is 5.40 Å². The third kappa shape index (κ3) is 5.25. The highest BCUT2D eigenvalue weighted by molar-refractivity contribution is 7.70. The summed E-state index contributed by atoms with van der Waals surface area (Å²) in [4.78, 5) is 35.7. The van der Waals surface area contributed by atoms with E-state index in [1.54, 1.807) is 0 Å². The van der Waals surface area contributed by atoms with Crippen LogP contribution < -0.4 is 0 Å². The highest BCUT2D eigenvalue weighted by Crippen LogP contribution is 2.63. The summed E-state index contributed by atoms with van der Waals surface area (Å²) in [6.45, 7) is 5.10. The molecule has 6 nitrogen and oxygen atoms in total. The maximum Gasteiger partial charge on any atom is 0.340 e. The molecule has 0 aliphatic carbocycles. The lowest BCUT2D eigenvalue weighted by Crippen LogP contribution is -2.20. The molecule has 0 saturated heterocycles. The molecule has 15 heavy (non-hydrogen) atoms. The van der Waals surface area contributed by atoms with Crippen molar-refractivity contribution in [3.63, 3.8) is 0 Å². The summed E-state index contributed by atoms with van der Waals surface area (Å²) in [5.41, 5.74) is 0. The first-order valence-corrected chi connectivity index (χ1v) is 7.93. The molecule has 0 aliphatic rings. The summed E-state index contributed by atoms with van der Waals surface area (Å²) in [5.74, 6) is -0.590. The summed E-state index contributed by atoms with van der Waals surface area (Å²) in [6.07, 6.45) is 0.362. The van der Waals surface area contributed by atoms with Gasteiger partial charge in [0.2, 0.25) is 0 Å². The van der Waals surface area contributed by atoms with Crippen LogP contribution in [0.1, 0.15) is 27.2 Å². The molecule has 8 heteroatoms. The molecule has 0 heterocycles. The lowest BCUT2D eigenvalue weighted by atomic mass is 10.0. The minimum atomic E-state index is -4.77. The molecule has 0 aromatic rings. The van der Waals surface area contributed by atoms with Gasteiger partial charge in [-0.1, -0.05) is 20.8 Å². The molecule has 1 atom stereocenters. The smallest absolute Gasteiger partial charge is 0.324 e. The molecular formula is C7H18O6P2. The van der Waals surface area contributed by atoms with Crippen molar-refractivity contribution in [1.82, 2.24) is 0 Å². The van der Waals surface area contributed by atoms with Gasteiger partial charge in [-0.15, -0.1) is 0 Å². The van der Waals surface area contributed by atoms with Crippen molar-refractivity contribution >= 4 is 15.2 Å². The molecule has 1 unspecified atom stereocenters. The van der Waals surface area contributed by atoms with Crippen LogP contribution in [0.3, 0.4) is 0 Å². The van der Waals surface area contributed by atoms with Gasteiger partial charge in [0.05, 0.1) is 0 Å². The van der Waals surface area contributed by atoms with Crippen LogP contribution in [0, 0.1) is 11.8 Å². The first-order chi connectivity index (χ1) is 6.46. The Kier molecular flexibility index (Phi) is 5.19. The Bertz CT molecular complexity index is 268. The predicted octanol–water partition coefficient (Wildman–Crippen LogP) is 1.35. The van der Waals surface area contributed by atoms with Crippen molar-refractivity contribution in [3.8, 4) is 0 Å². The zero-order chi connectivity index (χ0) is 12.4. The quantitative estimate of drug-likeness (QED) is 0.554. The number of rotatable bonds is 5. The zero-order valence-corrected chi connectivity index (χ0v) is 10.7. The van der Waals surface area contributed by atoms with Gasteiger partial charge in [0.25, 0.3) is 0 Å². The molecule has 0 radical (unpaired) electrons. The van der Waals surface area contributed by atoms with E-state index in [0.717, 1.165) is 0 Å². The van der Waals surface area contributed by atoms with Gasteiger partial charge in [0, 0.05) is 0 Å². The second-order valence-electron chi connectivity index (χ2n) is 4.20. The first kappa shape index (κ1) is 15.3. The van der Waals surface area contributed by atoms with E-state index in [2.05, 4.69) is 0 Å². The lowest BCUT2D eigenvalue weighted by Gasteiger charge is -2.26. The zero-order valence-electron chi connectivity index (χ0n) is 8.94. The van der Waals surface area contributed by atoms with Crippen LogP contribution in [0.2, 0.25) is 0 Å². The molecule has 0 rings (SSSR count). The van der Waals surface area contributed by atoms with E-state index in [-0.39, 0.29) is 5.92 Å². The van der Waals surface area contributed by atoms with E-state index in [9.17, 15) is 9.13 Å². The fraction of sp³-hybridized carbons (Fsp3) is 1.00. The Morgan fingerprint density at radius 1 is 0.933 bits per heavy atom. The van der Waals surface area contributed by atoms with E-state index in [1.165, 1.54) is 6.92 Å². The molecule has 0 aromatic carbocycles. The van der Waals surface area contributed by atoms with Crippen molar-refractivity contribution in [2.75, 3.05) is 0 Å². The Morgan fingerprint density at radius 3 is 1.47 bits per heavy atom. The molecule has 0 saturated carbocycles. The molecule has 0 bridgehead atoms. The van der Waals surface area contributed by atoms with E-state index in [4.69, 9.17) is 19.6 Å². The van der Waals surface area contributed by atoms with E-state index in [0.29, 0.717) is 6.42 Å². The standard InChI is InChI=1S/C7H18O6P2/c1-5(2)4-6(3)7(14(8,9)10)15(11,12)13/h5-7H,4H2,1-3H3,(H2,8,9,10)(H2,11,12,13). The normalized spacial score (nSPS) is 16.1. The van der Waals surface area contributed by atoms with Crippen molar-refractivity contribution < 1.29 is 28.7 Å². The minimum Gasteiger partial charge on any atom is -0.324 e. The summed E-state index contributed by atoms with van der Waals surface area (Å²) in [7, 11) is -9.55. The highest BCUT2D eigenvalue weighted by Gasteiger charge is 2.46. The average Bonchev–Trinajstić information content (AvgIpc) is 1.74. The molecule has 0 aliphatic heterocycles. The van der Waals surface area contributed by atoms with E-state index in [1.807, 2.05) is 13.8 Å². The molecule has 92 valence electrons. The average molecular weight is 260 g/mol. The summed E-state index contributed by atoms with van der Waals surface area (Å²) in [5, 5.41) is -1.88. The van der Waals surface area contributed by atoms with Crippen molar-refractivity contribution in [2.24, 2.45) is 11.8 Å². The van der Waals surface area contributed by atoms with Gasteiger partial charge in [-0.2, -0.15) is 0 Å². The van der Waals surface area contributed by atoms with Gasteiger partial charge in [-0.3, -0.25) is 9.13 Å². The van der Waals surface area contributed by atoms with Gasteiger partial charge in [0.1, 0.15) is 0 Å². The summed E-state index contributed by atoms with van der Waals surface area (Å²) < 4.78 is 22.0. The van der Waals surface area contributed by atoms with Crippen molar-refractivity contribution in [1.29, 1.82) is 0 Å². The van der Waals surface area contributed by atoms with Gasteiger partial charge in [-0.25, -0.2) is 0 Å². The van der Waals surface area contributed by atoms with Crippen molar-refractivity contribution in [3.05, 3.63) is 0 Å². The van der Waals surface area contributed by atoms with Crippen LogP contribution in [0.5, 0.6) is 0 Å². The van der Waals surface area contributed by atoms with Crippen LogP contribution in [-0.4, -0.2) is 25.0 Å². The third-order valence-corrected chi connectivity index (χ3v) is 6.24. The maximum atomic E-state index is 11.0. The summed E-state index contributed by atoms with van der Waals surface area (Å²) >= 11 is 0. The Morgan fingerprint density at radius 2 is 1.27 bits per heavy atom. The van der Waals surface area contributed by atoms with E-state index >= 15 is 0 Å². The monoisotopic (exact) mass is 260 g/mol. The van der Waals surface area contributed by atoms with Crippen LogP contribution >= 0.6 is 15.2 Å². The van der Waals surface area contributed by atoms with Crippen LogP contribution in [0.25, 0.3) is 0 Å². The minimum absolute atomic E-state index is 0.126. The van der Waals surface area contributed by atoms with Crippen molar-refractivity contribution in [2.45, 2.75) is 32.6 Å². The molecule has 4 N–H and O–H groups in total. The molecule has 0 spiro atoms. The van der Waals surface area contributed by atoms with Crippen LogP contribution in [0.15, 0.2) is 0 Å². The second kappa shape index (κ2) is 5.09.